The third-order valence-electron chi connectivity index (χ3n) is 3.35. The summed E-state index contributed by atoms with van der Waals surface area (Å²) in [7, 11) is 1.80. The molecule has 21 heavy (non-hydrogen) atoms. The molecule has 116 valence electrons. The summed E-state index contributed by atoms with van der Waals surface area (Å²) in [6, 6.07) is 4.75. The first kappa shape index (κ1) is 15.7. The molecule has 0 saturated carbocycles. The zero-order valence-corrected chi connectivity index (χ0v) is 12.4. The van der Waals surface area contributed by atoms with Gasteiger partial charge in [0.1, 0.15) is 0 Å². The summed E-state index contributed by atoms with van der Waals surface area (Å²) in [5.41, 5.74) is 0.828. The van der Waals surface area contributed by atoms with Crippen LogP contribution in [0.3, 0.4) is 0 Å². The Morgan fingerprint density at radius 3 is 2.81 bits per heavy atom. The van der Waals surface area contributed by atoms with E-state index >= 15 is 0 Å². The number of ether oxygens (including phenoxy) is 2. The highest BCUT2D eigenvalue weighted by Gasteiger charge is 2.24. The second kappa shape index (κ2) is 7.38. The molecule has 5 nitrogen and oxygen atoms in total. The third kappa shape index (κ3) is 4.15. The number of rotatable bonds is 5. The number of benzene rings is 1. The first-order valence-corrected chi connectivity index (χ1v) is 7.08. The van der Waals surface area contributed by atoms with Crippen molar-refractivity contribution in [1.82, 2.24) is 10.2 Å². The summed E-state index contributed by atoms with van der Waals surface area (Å²) >= 11 is 0. The number of carbonyl (C=O) groups excluding carboxylic acids is 1. The monoisotopic (exact) mass is 296 g/mol. The summed E-state index contributed by atoms with van der Waals surface area (Å²) in [4.78, 5) is 13.9. The van der Waals surface area contributed by atoms with Gasteiger partial charge in [0, 0.05) is 19.6 Å². The smallest absolute Gasteiger partial charge is 0.263 e. The molecule has 0 radical (unpaired) electrons. The Kier molecular flexibility index (Phi) is 5.52. The molecule has 1 atom stereocenters. The molecule has 0 aromatic heterocycles. The number of halogens is 1. The van der Waals surface area contributed by atoms with Crippen LogP contribution >= 0.6 is 0 Å². The number of amides is 1. The zero-order chi connectivity index (χ0) is 15.2. The van der Waals surface area contributed by atoms with Gasteiger partial charge >= 0.3 is 0 Å². The molecule has 0 aliphatic carbocycles. The molecule has 1 aliphatic rings. The van der Waals surface area contributed by atoms with E-state index in [1.54, 1.807) is 31.0 Å². The lowest BCUT2D eigenvalue weighted by atomic mass is 10.2. The molecule has 6 heteroatoms. The van der Waals surface area contributed by atoms with Crippen molar-refractivity contribution in [2.24, 2.45) is 0 Å². The van der Waals surface area contributed by atoms with Gasteiger partial charge in [-0.25, -0.2) is 4.39 Å². The number of nitrogens with zero attached hydrogens (tertiary/aromatic N) is 1. The molecule has 2 rings (SSSR count). The van der Waals surface area contributed by atoms with E-state index in [4.69, 9.17) is 9.47 Å². The van der Waals surface area contributed by atoms with Crippen molar-refractivity contribution in [3.05, 3.63) is 29.6 Å². The van der Waals surface area contributed by atoms with Gasteiger partial charge in [-0.15, -0.1) is 0 Å². The minimum atomic E-state index is -0.715. The lowest BCUT2D eigenvalue weighted by Gasteiger charge is -2.29. The van der Waals surface area contributed by atoms with E-state index in [2.05, 4.69) is 5.32 Å². The Bertz CT molecular complexity index is 490. The van der Waals surface area contributed by atoms with Crippen molar-refractivity contribution in [2.75, 3.05) is 33.4 Å². The molecule has 1 saturated heterocycles. The first-order chi connectivity index (χ1) is 10.1. The van der Waals surface area contributed by atoms with Crippen molar-refractivity contribution in [3.8, 4) is 5.75 Å². The van der Waals surface area contributed by atoms with Gasteiger partial charge in [-0.2, -0.15) is 0 Å². The molecule has 0 bridgehead atoms. The van der Waals surface area contributed by atoms with Crippen LogP contribution in [0.4, 0.5) is 4.39 Å². The summed E-state index contributed by atoms with van der Waals surface area (Å²) in [5, 5.41) is 2.95. The van der Waals surface area contributed by atoms with Gasteiger partial charge in [-0.1, -0.05) is 6.07 Å². The fourth-order valence-corrected chi connectivity index (χ4v) is 2.24. The van der Waals surface area contributed by atoms with E-state index in [0.29, 0.717) is 32.8 Å². The van der Waals surface area contributed by atoms with Gasteiger partial charge in [0.2, 0.25) is 0 Å². The van der Waals surface area contributed by atoms with Gasteiger partial charge in [-0.05, 0) is 31.7 Å². The molecular weight excluding hydrogens is 275 g/mol. The Morgan fingerprint density at radius 2 is 2.19 bits per heavy atom. The Hall–Kier alpha value is -1.66. The van der Waals surface area contributed by atoms with Crippen molar-refractivity contribution >= 4 is 5.91 Å². The Morgan fingerprint density at radius 1 is 1.48 bits per heavy atom. The first-order valence-electron chi connectivity index (χ1n) is 7.08. The molecule has 1 N–H and O–H groups in total. The van der Waals surface area contributed by atoms with Crippen molar-refractivity contribution < 1.29 is 18.7 Å². The van der Waals surface area contributed by atoms with Crippen LogP contribution in [0.15, 0.2) is 18.2 Å². The zero-order valence-electron chi connectivity index (χ0n) is 12.4. The van der Waals surface area contributed by atoms with E-state index in [9.17, 15) is 9.18 Å². The van der Waals surface area contributed by atoms with Gasteiger partial charge in [0.25, 0.3) is 5.91 Å². The average Bonchev–Trinajstić information content (AvgIpc) is 2.50. The van der Waals surface area contributed by atoms with E-state index < -0.39 is 11.9 Å². The molecule has 1 heterocycles. The number of hydrogen-bond acceptors (Lipinski definition) is 4. The lowest BCUT2D eigenvalue weighted by molar-refractivity contribution is -0.142. The van der Waals surface area contributed by atoms with Crippen LogP contribution in [-0.2, 0) is 16.1 Å². The SMILES string of the molecule is CNCc1ccc(OC(C)C(=O)N2CCOCC2)c(F)c1. The summed E-state index contributed by atoms with van der Waals surface area (Å²) in [6.45, 7) is 4.39. The molecule has 0 spiro atoms. The Labute approximate surface area is 124 Å². The molecule has 1 fully saturated rings. The van der Waals surface area contributed by atoms with E-state index in [1.165, 1.54) is 6.07 Å². The third-order valence-corrected chi connectivity index (χ3v) is 3.35. The maximum atomic E-state index is 13.9. The molecule has 1 aromatic carbocycles. The van der Waals surface area contributed by atoms with Crippen LogP contribution in [-0.4, -0.2) is 50.3 Å². The van der Waals surface area contributed by atoms with E-state index in [-0.39, 0.29) is 11.7 Å². The van der Waals surface area contributed by atoms with Gasteiger partial charge in [0.05, 0.1) is 13.2 Å². The fourth-order valence-electron chi connectivity index (χ4n) is 2.24. The highest BCUT2D eigenvalue weighted by Crippen LogP contribution is 2.20. The standard InChI is InChI=1S/C15H21FN2O3/c1-11(15(19)18-5-7-20-8-6-18)21-14-4-3-12(10-17-2)9-13(14)16/h3-4,9,11,17H,5-8,10H2,1-2H3. The van der Waals surface area contributed by atoms with Gasteiger partial charge in [0.15, 0.2) is 17.7 Å². The van der Waals surface area contributed by atoms with Crippen molar-refractivity contribution in [3.63, 3.8) is 0 Å². The second-order valence-corrected chi connectivity index (χ2v) is 4.99. The summed E-state index contributed by atoms with van der Waals surface area (Å²) in [5.74, 6) is -0.495. The topological polar surface area (TPSA) is 50.8 Å². The predicted octanol–water partition coefficient (Wildman–Crippen LogP) is 1.17. The quantitative estimate of drug-likeness (QED) is 0.886. The maximum Gasteiger partial charge on any atom is 0.263 e. The molecule has 1 aliphatic heterocycles. The Balaban J connectivity index is 1.98. The van der Waals surface area contributed by atoms with Gasteiger partial charge in [-0.3, -0.25) is 4.79 Å². The summed E-state index contributed by atoms with van der Waals surface area (Å²) in [6.07, 6.45) is -0.715. The second-order valence-electron chi connectivity index (χ2n) is 4.99. The predicted molar refractivity (Wildman–Crippen MR) is 76.7 cm³/mol. The molecule has 1 aromatic rings. The molecular formula is C15H21FN2O3. The van der Waals surface area contributed by atoms with Crippen LogP contribution in [0, 0.1) is 5.82 Å². The van der Waals surface area contributed by atoms with E-state index in [0.717, 1.165) is 5.56 Å². The van der Waals surface area contributed by atoms with Crippen LogP contribution in [0.1, 0.15) is 12.5 Å². The van der Waals surface area contributed by atoms with Crippen LogP contribution in [0.2, 0.25) is 0 Å². The van der Waals surface area contributed by atoms with Crippen molar-refractivity contribution in [2.45, 2.75) is 19.6 Å². The number of morpholine rings is 1. The van der Waals surface area contributed by atoms with Gasteiger partial charge < -0.3 is 19.7 Å². The van der Waals surface area contributed by atoms with E-state index in [1.807, 2.05) is 0 Å². The lowest BCUT2D eigenvalue weighted by Crippen LogP contribution is -2.46. The minimum absolute atomic E-state index is 0.101. The largest absolute Gasteiger partial charge is 0.478 e. The average molecular weight is 296 g/mol. The highest BCUT2D eigenvalue weighted by molar-refractivity contribution is 5.81. The molecule has 1 unspecified atom stereocenters. The van der Waals surface area contributed by atoms with Crippen molar-refractivity contribution in [1.29, 1.82) is 0 Å². The number of hydrogen-bond donors (Lipinski definition) is 1. The van der Waals surface area contributed by atoms with Crippen LogP contribution in [0.25, 0.3) is 0 Å². The van der Waals surface area contributed by atoms with Crippen LogP contribution < -0.4 is 10.1 Å². The normalized spacial score (nSPS) is 16.6. The highest BCUT2D eigenvalue weighted by atomic mass is 19.1. The number of nitrogens with one attached hydrogen (secondary N) is 1. The van der Waals surface area contributed by atoms with Crippen LogP contribution in [0.5, 0.6) is 5.75 Å². The molecule has 1 amide bonds. The minimum Gasteiger partial charge on any atom is -0.478 e. The number of carbonyl (C=O) groups is 1. The fraction of sp³-hybridized carbons (Fsp3) is 0.533. The maximum absolute atomic E-state index is 13.9. The summed E-state index contributed by atoms with van der Waals surface area (Å²) < 4.78 is 24.6.